The monoisotopic (exact) mass is 301 g/mol. The Kier molecular flexibility index (Phi) is 5.45. The third kappa shape index (κ3) is 3.67. The molecule has 0 saturated carbocycles. The summed E-state index contributed by atoms with van der Waals surface area (Å²) in [7, 11) is 1.91. The minimum absolute atomic E-state index is 0.0748. The number of likely N-dealkylation sites (N-methyl/N-ethyl adjacent to an activating group) is 1. The predicted octanol–water partition coefficient (Wildman–Crippen LogP) is 3.50. The molecule has 0 fully saturated rings. The zero-order chi connectivity index (χ0) is 15.3. The number of aliphatic hydroxyl groups is 1. The van der Waals surface area contributed by atoms with Gasteiger partial charge in [-0.2, -0.15) is 0 Å². The fourth-order valence-electron chi connectivity index (χ4n) is 2.28. The maximum atomic E-state index is 9.93. The summed E-state index contributed by atoms with van der Waals surface area (Å²) >= 11 is 1.77. The fourth-order valence-corrected chi connectivity index (χ4v) is 3.52. The van der Waals surface area contributed by atoms with Crippen LogP contribution >= 0.6 is 11.8 Å². The van der Waals surface area contributed by atoms with Crippen LogP contribution < -0.4 is 5.32 Å². The molecule has 0 aromatic heterocycles. The molecule has 2 rings (SSSR count). The van der Waals surface area contributed by atoms with Crippen molar-refractivity contribution in [3.63, 3.8) is 0 Å². The second-order valence-electron chi connectivity index (χ2n) is 5.39. The van der Waals surface area contributed by atoms with Crippen molar-refractivity contribution in [2.75, 3.05) is 19.4 Å². The van der Waals surface area contributed by atoms with Crippen LogP contribution in [-0.2, 0) is 5.54 Å². The Labute approximate surface area is 131 Å². The number of hydrogen-bond acceptors (Lipinski definition) is 3. The van der Waals surface area contributed by atoms with E-state index in [1.165, 1.54) is 16.0 Å². The van der Waals surface area contributed by atoms with Crippen LogP contribution in [0.5, 0.6) is 0 Å². The van der Waals surface area contributed by atoms with Crippen molar-refractivity contribution in [2.24, 2.45) is 0 Å². The van der Waals surface area contributed by atoms with Gasteiger partial charge in [0.1, 0.15) is 0 Å². The number of thioether (sulfide) groups is 1. The van der Waals surface area contributed by atoms with E-state index in [2.05, 4.69) is 49.5 Å². The van der Waals surface area contributed by atoms with Crippen LogP contribution in [0.15, 0.2) is 53.4 Å². The number of benzene rings is 2. The minimum Gasteiger partial charge on any atom is -0.394 e. The van der Waals surface area contributed by atoms with Crippen LogP contribution in [0.4, 0.5) is 0 Å². The molecule has 0 aliphatic carbocycles. The average Bonchev–Trinajstić information content (AvgIpc) is 2.53. The van der Waals surface area contributed by atoms with Gasteiger partial charge in [0.15, 0.2) is 0 Å². The summed E-state index contributed by atoms with van der Waals surface area (Å²) < 4.78 is 0. The Morgan fingerprint density at radius 1 is 1.05 bits per heavy atom. The molecule has 2 nitrogen and oxygen atoms in total. The first kappa shape index (κ1) is 16.1. The van der Waals surface area contributed by atoms with Crippen molar-refractivity contribution < 1.29 is 5.11 Å². The van der Waals surface area contributed by atoms with Crippen molar-refractivity contribution >= 4 is 11.8 Å². The van der Waals surface area contributed by atoms with Crippen molar-refractivity contribution in [1.29, 1.82) is 0 Å². The Morgan fingerprint density at radius 2 is 1.76 bits per heavy atom. The molecule has 112 valence electrons. The number of hydrogen-bond donors (Lipinski definition) is 2. The molecule has 0 amide bonds. The standard InChI is InChI=1S/C18H23NOS/c1-14-9-10-17(11-15(14)2)21-13-18(12-20,19-3)16-7-5-4-6-8-16/h4-11,19-20H,12-13H2,1-3H3. The summed E-state index contributed by atoms with van der Waals surface area (Å²) in [6, 6.07) is 16.7. The third-order valence-electron chi connectivity index (χ3n) is 4.04. The van der Waals surface area contributed by atoms with Crippen LogP contribution in [0, 0.1) is 13.8 Å². The lowest BCUT2D eigenvalue weighted by atomic mass is 9.93. The van der Waals surface area contributed by atoms with Gasteiger partial charge in [0.05, 0.1) is 12.1 Å². The van der Waals surface area contributed by atoms with E-state index in [4.69, 9.17) is 0 Å². The van der Waals surface area contributed by atoms with Gasteiger partial charge in [0, 0.05) is 10.6 Å². The van der Waals surface area contributed by atoms with Crippen LogP contribution in [0.3, 0.4) is 0 Å². The lowest BCUT2D eigenvalue weighted by Gasteiger charge is -2.32. The Morgan fingerprint density at radius 3 is 2.33 bits per heavy atom. The lowest BCUT2D eigenvalue weighted by Crippen LogP contribution is -2.45. The van der Waals surface area contributed by atoms with E-state index in [1.807, 2.05) is 25.2 Å². The summed E-state index contributed by atoms with van der Waals surface area (Å²) in [4.78, 5) is 1.24. The molecule has 2 aromatic rings. The van der Waals surface area contributed by atoms with Crippen molar-refractivity contribution in [1.82, 2.24) is 5.32 Å². The Bertz CT molecular complexity index is 579. The zero-order valence-corrected chi connectivity index (χ0v) is 13.7. The number of rotatable bonds is 6. The zero-order valence-electron chi connectivity index (χ0n) is 12.9. The topological polar surface area (TPSA) is 32.3 Å². The van der Waals surface area contributed by atoms with E-state index in [1.54, 1.807) is 11.8 Å². The maximum absolute atomic E-state index is 9.93. The first-order chi connectivity index (χ1) is 10.1. The second-order valence-corrected chi connectivity index (χ2v) is 6.44. The number of aliphatic hydroxyl groups excluding tert-OH is 1. The molecular weight excluding hydrogens is 278 g/mol. The summed E-state index contributed by atoms with van der Waals surface area (Å²) in [5.41, 5.74) is 3.32. The molecule has 0 radical (unpaired) electrons. The molecule has 0 heterocycles. The van der Waals surface area contributed by atoms with Crippen LogP contribution in [0.2, 0.25) is 0 Å². The van der Waals surface area contributed by atoms with Crippen LogP contribution in [0.1, 0.15) is 16.7 Å². The summed E-state index contributed by atoms with van der Waals surface area (Å²) in [5, 5.41) is 13.2. The molecule has 2 aromatic carbocycles. The van der Waals surface area contributed by atoms with E-state index >= 15 is 0 Å². The quantitative estimate of drug-likeness (QED) is 0.801. The third-order valence-corrected chi connectivity index (χ3v) is 5.26. The van der Waals surface area contributed by atoms with E-state index in [-0.39, 0.29) is 6.61 Å². The molecular formula is C18H23NOS. The highest BCUT2D eigenvalue weighted by Gasteiger charge is 2.29. The average molecular weight is 301 g/mol. The van der Waals surface area contributed by atoms with Gasteiger partial charge in [0.25, 0.3) is 0 Å². The smallest absolute Gasteiger partial charge is 0.0761 e. The largest absolute Gasteiger partial charge is 0.394 e. The maximum Gasteiger partial charge on any atom is 0.0761 e. The minimum atomic E-state index is -0.412. The summed E-state index contributed by atoms with van der Waals surface area (Å²) in [5.74, 6) is 0.784. The molecule has 1 atom stereocenters. The van der Waals surface area contributed by atoms with Gasteiger partial charge in [0.2, 0.25) is 0 Å². The normalized spacial score (nSPS) is 13.9. The molecule has 0 aliphatic rings. The SMILES string of the molecule is CNC(CO)(CSc1ccc(C)c(C)c1)c1ccccc1. The lowest BCUT2D eigenvalue weighted by molar-refractivity contribution is 0.187. The Hall–Kier alpha value is -1.29. The molecule has 0 aliphatic heterocycles. The number of nitrogens with one attached hydrogen (secondary N) is 1. The van der Waals surface area contributed by atoms with Gasteiger partial charge in [-0.05, 0) is 49.7 Å². The Balaban J connectivity index is 2.19. The summed E-state index contributed by atoms with van der Waals surface area (Å²) in [6.45, 7) is 4.33. The molecule has 1 unspecified atom stereocenters. The molecule has 0 bridgehead atoms. The molecule has 3 heteroatoms. The van der Waals surface area contributed by atoms with Crippen LogP contribution in [-0.4, -0.2) is 24.5 Å². The van der Waals surface area contributed by atoms with Crippen LogP contribution in [0.25, 0.3) is 0 Å². The van der Waals surface area contributed by atoms with Gasteiger partial charge in [-0.3, -0.25) is 0 Å². The van der Waals surface area contributed by atoms with Crippen molar-refractivity contribution in [3.8, 4) is 0 Å². The van der Waals surface area contributed by atoms with Gasteiger partial charge < -0.3 is 10.4 Å². The highest BCUT2D eigenvalue weighted by molar-refractivity contribution is 7.99. The van der Waals surface area contributed by atoms with Gasteiger partial charge in [-0.25, -0.2) is 0 Å². The molecule has 0 saturated heterocycles. The van der Waals surface area contributed by atoms with Gasteiger partial charge in [-0.1, -0.05) is 36.4 Å². The predicted molar refractivity (Wildman–Crippen MR) is 90.9 cm³/mol. The molecule has 0 spiro atoms. The van der Waals surface area contributed by atoms with Crippen molar-refractivity contribution in [2.45, 2.75) is 24.3 Å². The number of aryl methyl sites for hydroxylation is 2. The molecule has 21 heavy (non-hydrogen) atoms. The second kappa shape index (κ2) is 7.12. The first-order valence-corrected chi connectivity index (χ1v) is 8.15. The van der Waals surface area contributed by atoms with Gasteiger partial charge >= 0.3 is 0 Å². The van der Waals surface area contributed by atoms with Crippen molar-refractivity contribution in [3.05, 3.63) is 65.2 Å². The fraction of sp³-hybridized carbons (Fsp3) is 0.333. The van der Waals surface area contributed by atoms with Gasteiger partial charge in [-0.15, -0.1) is 11.8 Å². The molecule has 2 N–H and O–H groups in total. The van der Waals surface area contributed by atoms with E-state index in [9.17, 15) is 5.11 Å². The highest BCUT2D eigenvalue weighted by Crippen LogP contribution is 2.30. The first-order valence-electron chi connectivity index (χ1n) is 7.16. The van der Waals surface area contributed by atoms with E-state index in [0.29, 0.717) is 0 Å². The highest BCUT2D eigenvalue weighted by atomic mass is 32.2. The van der Waals surface area contributed by atoms with E-state index < -0.39 is 5.54 Å². The van der Waals surface area contributed by atoms with E-state index in [0.717, 1.165) is 11.3 Å². The summed E-state index contributed by atoms with van der Waals surface area (Å²) in [6.07, 6.45) is 0.